The first-order valence-corrected chi connectivity index (χ1v) is 9.21. The molecule has 3 rings (SSSR count). The van der Waals surface area contributed by atoms with Gasteiger partial charge in [-0.3, -0.25) is 9.48 Å². The first-order chi connectivity index (χ1) is 12.2. The fourth-order valence-corrected chi connectivity index (χ4v) is 3.57. The van der Waals surface area contributed by atoms with Crippen LogP contribution in [0.4, 0.5) is 0 Å². The van der Waals surface area contributed by atoms with Gasteiger partial charge in [0.1, 0.15) is 11.4 Å². The van der Waals surface area contributed by atoms with Crippen molar-refractivity contribution >= 4 is 5.91 Å². The van der Waals surface area contributed by atoms with E-state index in [0.717, 1.165) is 66.9 Å². The molecule has 1 aromatic heterocycles. The molecule has 5 heteroatoms. The number of hydrogen-bond acceptors (Lipinski definition) is 3. The summed E-state index contributed by atoms with van der Waals surface area (Å²) in [4.78, 5) is 13.0. The third-order valence-corrected chi connectivity index (χ3v) is 4.97. The maximum atomic E-state index is 13.0. The minimum Gasteiger partial charge on any atom is -0.497 e. The first kappa shape index (κ1) is 17.5. The van der Waals surface area contributed by atoms with Gasteiger partial charge in [-0.15, -0.1) is 0 Å². The van der Waals surface area contributed by atoms with E-state index in [1.807, 2.05) is 35.9 Å². The molecule has 2 aromatic rings. The molecule has 0 radical (unpaired) electrons. The highest BCUT2D eigenvalue weighted by Gasteiger charge is 2.26. The van der Waals surface area contributed by atoms with Crippen LogP contribution in [0, 0.1) is 0 Å². The number of carbonyl (C=O) groups excluding carboxylic acids is 1. The zero-order valence-electron chi connectivity index (χ0n) is 15.3. The van der Waals surface area contributed by atoms with E-state index in [2.05, 4.69) is 17.3 Å². The molecule has 5 nitrogen and oxygen atoms in total. The molecule has 1 atom stereocenters. The number of rotatable bonds is 6. The summed E-state index contributed by atoms with van der Waals surface area (Å²) < 4.78 is 7.08. The molecule has 1 aromatic carbocycles. The molecule has 0 saturated heterocycles. The summed E-state index contributed by atoms with van der Waals surface area (Å²) in [7, 11) is 1.66. The number of aryl methyl sites for hydroxylation is 2. The number of benzene rings is 1. The molecule has 0 spiro atoms. The van der Waals surface area contributed by atoms with Crippen molar-refractivity contribution in [3.63, 3.8) is 0 Å². The van der Waals surface area contributed by atoms with E-state index >= 15 is 0 Å². The molecule has 1 aliphatic carbocycles. The molecule has 1 amide bonds. The Balaban J connectivity index is 1.83. The molecule has 1 heterocycles. The lowest BCUT2D eigenvalue weighted by atomic mass is 9.95. The number of aromatic nitrogens is 2. The fourth-order valence-electron chi connectivity index (χ4n) is 3.57. The molecular weight excluding hydrogens is 314 g/mol. The minimum atomic E-state index is -0.0159. The summed E-state index contributed by atoms with van der Waals surface area (Å²) in [5.41, 5.74) is 4.10. The Morgan fingerprint density at radius 1 is 1.24 bits per heavy atom. The van der Waals surface area contributed by atoms with Crippen molar-refractivity contribution in [2.45, 2.75) is 58.5 Å². The summed E-state index contributed by atoms with van der Waals surface area (Å²) >= 11 is 0. The summed E-state index contributed by atoms with van der Waals surface area (Å²) in [6.45, 7) is 4.84. The van der Waals surface area contributed by atoms with Gasteiger partial charge in [-0.2, -0.15) is 5.10 Å². The standard InChI is InChI=1S/C20H27N3O2/c1-4-17(14-10-12-15(25-3)13-11-14)21-20(24)19-16-8-6-7-9-18(16)22-23(19)5-2/h10-13,17H,4-9H2,1-3H3,(H,21,24). The number of carbonyl (C=O) groups is 1. The van der Waals surface area contributed by atoms with Gasteiger partial charge in [0, 0.05) is 12.1 Å². The number of fused-ring (bicyclic) bond motifs is 1. The molecule has 0 bridgehead atoms. The Hall–Kier alpha value is -2.30. The first-order valence-electron chi connectivity index (χ1n) is 9.21. The zero-order chi connectivity index (χ0) is 17.8. The van der Waals surface area contributed by atoms with Crippen molar-refractivity contribution in [1.29, 1.82) is 0 Å². The monoisotopic (exact) mass is 341 g/mol. The van der Waals surface area contributed by atoms with Gasteiger partial charge in [0.2, 0.25) is 0 Å². The predicted octanol–water partition coefficient (Wildman–Crippen LogP) is 3.67. The Morgan fingerprint density at radius 3 is 2.60 bits per heavy atom. The third kappa shape index (κ3) is 3.55. The van der Waals surface area contributed by atoms with Gasteiger partial charge < -0.3 is 10.1 Å². The Kier molecular flexibility index (Phi) is 5.41. The highest BCUT2D eigenvalue weighted by molar-refractivity contribution is 5.94. The van der Waals surface area contributed by atoms with Gasteiger partial charge in [-0.05, 0) is 56.7 Å². The van der Waals surface area contributed by atoms with Crippen LogP contribution in [-0.2, 0) is 19.4 Å². The molecule has 0 aliphatic heterocycles. The van der Waals surface area contributed by atoms with E-state index in [9.17, 15) is 4.79 Å². The van der Waals surface area contributed by atoms with Crippen LogP contribution < -0.4 is 10.1 Å². The van der Waals surface area contributed by atoms with Crippen LogP contribution >= 0.6 is 0 Å². The van der Waals surface area contributed by atoms with Gasteiger partial charge >= 0.3 is 0 Å². The number of methoxy groups -OCH3 is 1. The summed E-state index contributed by atoms with van der Waals surface area (Å²) in [5, 5.41) is 7.87. The van der Waals surface area contributed by atoms with Crippen molar-refractivity contribution in [2.75, 3.05) is 7.11 Å². The molecular formula is C20H27N3O2. The van der Waals surface area contributed by atoms with Crippen molar-refractivity contribution in [2.24, 2.45) is 0 Å². The molecule has 25 heavy (non-hydrogen) atoms. The summed E-state index contributed by atoms with van der Waals surface area (Å²) in [6.07, 6.45) is 5.08. The van der Waals surface area contributed by atoms with Crippen LogP contribution in [-0.4, -0.2) is 22.8 Å². The normalized spacial score (nSPS) is 14.7. The lowest BCUT2D eigenvalue weighted by Crippen LogP contribution is -2.31. The SMILES string of the molecule is CCC(NC(=O)c1c2c(nn1CC)CCCC2)c1ccc(OC)cc1. The highest BCUT2D eigenvalue weighted by Crippen LogP contribution is 2.26. The van der Waals surface area contributed by atoms with E-state index in [1.54, 1.807) is 7.11 Å². The van der Waals surface area contributed by atoms with E-state index in [0.29, 0.717) is 0 Å². The summed E-state index contributed by atoms with van der Waals surface area (Å²) in [6, 6.07) is 7.88. The topological polar surface area (TPSA) is 56.2 Å². The van der Waals surface area contributed by atoms with Crippen LogP contribution in [0.1, 0.15) is 66.5 Å². The van der Waals surface area contributed by atoms with Gasteiger partial charge in [-0.25, -0.2) is 0 Å². The Bertz CT molecular complexity index is 734. The van der Waals surface area contributed by atoms with Crippen molar-refractivity contribution in [3.8, 4) is 5.75 Å². The molecule has 1 N–H and O–H groups in total. The second-order valence-corrected chi connectivity index (χ2v) is 6.50. The molecule has 134 valence electrons. The van der Waals surface area contributed by atoms with Crippen LogP contribution in [0.5, 0.6) is 5.75 Å². The molecule has 0 saturated carbocycles. The maximum absolute atomic E-state index is 13.0. The smallest absolute Gasteiger partial charge is 0.270 e. The number of ether oxygens (including phenoxy) is 1. The van der Waals surface area contributed by atoms with Crippen LogP contribution in [0.25, 0.3) is 0 Å². The lowest BCUT2D eigenvalue weighted by molar-refractivity contribution is 0.0923. The molecule has 1 aliphatic rings. The highest BCUT2D eigenvalue weighted by atomic mass is 16.5. The van der Waals surface area contributed by atoms with Crippen molar-refractivity contribution < 1.29 is 9.53 Å². The molecule has 0 fully saturated rings. The maximum Gasteiger partial charge on any atom is 0.270 e. The van der Waals surface area contributed by atoms with Gasteiger partial charge in [0.25, 0.3) is 5.91 Å². The number of nitrogens with one attached hydrogen (secondary N) is 1. The van der Waals surface area contributed by atoms with E-state index in [-0.39, 0.29) is 11.9 Å². The fraction of sp³-hybridized carbons (Fsp3) is 0.500. The van der Waals surface area contributed by atoms with Gasteiger partial charge in [0.15, 0.2) is 0 Å². The number of nitrogens with zero attached hydrogens (tertiary/aromatic N) is 2. The third-order valence-electron chi connectivity index (χ3n) is 4.97. The largest absolute Gasteiger partial charge is 0.497 e. The Morgan fingerprint density at radius 2 is 1.96 bits per heavy atom. The van der Waals surface area contributed by atoms with Crippen molar-refractivity contribution in [3.05, 3.63) is 46.8 Å². The average molecular weight is 341 g/mol. The van der Waals surface area contributed by atoms with Gasteiger partial charge in [0.05, 0.1) is 18.8 Å². The van der Waals surface area contributed by atoms with Crippen LogP contribution in [0.15, 0.2) is 24.3 Å². The number of amides is 1. The number of hydrogen-bond donors (Lipinski definition) is 1. The Labute approximate surface area is 149 Å². The molecule has 1 unspecified atom stereocenters. The van der Waals surface area contributed by atoms with Gasteiger partial charge in [-0.1, -0.05) is 19.1 Å². The van der Waals surface area contributed by atoms with Crippen LogP contribution in [0.2, 0.25) is 0 Å². The van der Waals surface area contributed by atoms with E-state index in [1.165, 1.54) is 0 Å². The zero-order valence-corrected chi connectivity index (χ0v) is 15.3. The second kappa shape index (κ2) is 7.72. The summed E-state index contributed by atoms with van der Waals surface area (Å²) in [5.74, 6) is 0.809. The minimum absolute atomic E-state index is 0.0137. The lowest BCUT2D eigenvalue weighted by Gasteiger charge is -2.19. The predicted molar refractivity (Wildman–Crippen MR) is 98.0 cm³/mol. The van der Waals surface area contributed by atoms with E-state index < -0.39 is 0 Å². The van der Waals surface area contributed by atoms with E-state index in [4.69, 9.17) is 4.74 Å². The van der Waals surface area contributed by atoms with Crippen molar-refractivity contribution in [1.82, 2.24) is 15.1 Å². The van der Waals surface area contributed by atoms with Crippen LogP contribution in [0.3, 0.4) is 0 Å². The quantitative estimate of drug-likeness (QED) is 0.872. The second-order valence-electron chi connectivity index (χ2n) is 6.50. The average Bonchev–Trinajstić information content (AvgIpc) is 3.04.